The van der Waals surface area contributed by atoms with Crippen LogP contribution in [0.15, 0.2) is 40.9 Å². The minimum Gasteiger partial charge on any atom is -0.447 e. The summed E-state index contributed by atoms with van der Waals surface area (Å²) in [6, 6.07) is 10.7. The second-order valence-corrected chi connectivity index (χ2v) is 7.73. The van der Waals surface area contributed by atoms with E-state index < -0.39 is 12.0 Å². The van der Waals surface area contributed by atoms with Crippen molar-refractivity contribution in [2.45, 2.75) is 45.1 Å². The number of carbonyl (C=O) groups is 2. The van der Waals surface area contributed by atoms with Gasteiger partial charge in [0.05, 0.1) is 0 Å². The SMILES string of the molecule is Cc1cc(NC(=O)[C@@H](OC(=O)C[C@H]2C[C@H]3CC[C@H]2C3)c2ccccc2)no1. The molecular formula is C21H24N2O4. The van der Waals surface area contributed by atoms with E-state index in [1.807, 2.05) is 18.2 Å². The van der Waals surface area contributed by atoms with E-state index in [1.54, 1.807) is 25.1 Å². The van der Waals surface area contributed by atoms with E-state index >= 15 is 0 Å². The third-order valence-electron chi connectivity index (χ3n) is 5.78. The zero-order chi connectivity index (χ0) is 18.8. The van der Waals surface area contributed by atoms with Crippen LogP contribution in [-0.2, 0) is 14.3 Å². The van der Waals surface area contributed by atoms with E-state index in [4.69, 9.17) is 9.26 Å². The normalized spacial score (nSPS) is 24.6. The van der Waals surface area contributed by atoms with E-state index in [2.05, 4.69) is 10.5 Å². The van der Waals surface area contributed by atoms with Crippen molar-refractivity contribution >= 4 is 17.7 Å². The van der Waals surface area contributed by atoms with Crippen molar-refractivity contribution in [1.82, 2.24) is 5.16 Å². The highest BCUT2D eigenvalue weighted by Crippen LogP contribution is 2.49. The molecule has 2 aliphatic rings. The van der Waals surface area contributed by atoms with Crippen LogP contribution >= 0.6 is 0 Å². The van der Waals surface area contributed by atoms with Gasteiger partial charge in [0, 0.05) is 18.1 Å². The summed E-state index contributed by atoms with van der Waals surface area (Å²) in [5.74, 6) is 1.97. The molecule has 1 amide bonds. The van der Waals surface area contributed by atoms with Crippen molar-refractivity contribution in [1.29, 1.82) is 0 Å². The van der Waals surface area contributed by atoms with Gasteiger partial charge < -0.3 is 14.6 Å². The molecular weight excluding hydrogens is 344 g/mol. The highest BCUT2D eigenvalue weighted by Gasteiger charge is 2.41. The largest absolute Gasteiger partial charge is 0.447 e. The number of benzene rings is 1. The van der Waals surface area contributed by atoms with Gasteiger partial charge in [0.2, 0.25) is 6.10 Å². The molecule has 2 aliphatic carbocycles. The van der Waals surface area contributed by atoms with Crippen LogP contribution in [0.4, 0.5) is 5.82 Å². The quantitative estimate of drug-likeness (QED) is 0.779. The number of aromatic nitrogens is 1. The smallest absolute Gasteiger partial charge is 0.307 e. The van der Waals surface area contributed by atoms with Crippen molar-refractivity contribution in [3.05, 3.63) is 47.7 Å². The van der Waals surface area contributed by atoms with Crippen LogP contribution < -0.4 is 5.32 Å². The molecule has 4 atom stereocenters. The highest BCUT2D eigenvalue weighted by atomic mass is 16.5. The van der Waals surface area contributed by atoms with Gasteiger partial charge in [-0.2, -0.15) is 0 Å². The van der Waals surface area contributed by atoms with Crippen molar-refractivity contribution in [2.24, 2.45) is 17.8 Å². The Labute approximate surface area is 158 Å². The minimum absolute atomic E-state index is 0.308. The van der Waals surface area contributed by atoms with Crippen molar-refractivity contribution in [2.75, 3.05) is 5.32 Å². The molecule has 2 fully saturated rings. The number of carbonyl (C=O) groups excluding carboxylic acids is 2. The molecule has 0 radical (unpaired) electrons. The Balaban J connectivity index is 1.44. The van der Waals surface area contributed by atoms with E-state index in [1.165, 1.54) is 19.3 Å². The average molecular weight is 368 g/mol. The molecule has 0 spiro atoms. The molecule has 0 aliphatic heterocycles. The number of nitrogens with zero attached hydrogens (tertiary/aromatic N) is 1. The van der Waals surface area contributed by atoms with Crippen LogP contribution in [0.2, 0.25) is 0 Å². The molecule has 6 nitrogen and oxygen atoms in total. The van der Waals surface area contributed by atoms with E-state index in [9.17, 15) is 9.59 Å². The lowest BCUT2D eigenvalue weighted by Gasteiger charge is -2.22. The molecule has 0 unspecified atom stereocenters. The fourth-order valence-corrected chi connectivity index (χ4v) is 4.54. The molecule has 2 aromatic rings. The molecule has 142 valence electrons. The van der Waals surface area contributed by atoms with Crippen molar-refractivity contribution in [3.63, 3.8) is 0 Å². The molecule has 0 saturated heterocycles. The summed E-state index contributed by atoms with van der Waals surface area (Å²) >= 11 is 0. The molecule has 6 heteroatoms. The highest BCUT2D eigenvalue weighted by molar-refractivity contribution is 5.95. The van der Waals surface area contributed by atoms with Gasteiger partial charge in [-0.3, -0.25) is 9.59 Å². The van der Waals surface area contributed by atoms with Crippen LogP contribution in [0, 0.1) is 24.7 Å². The van der Waals surface area contributed by atoms with Gasteiger partial charge in [-0.1, -0.05) is 41.9 Å². The first-order valence-electron chi connectivity index (χ1n) is 9.57. The number of ether oxygens (including phenoxy) is 1. The second kappa shape index (κ2) is 7.55. The van der Waals surface area contributed by atoms with Gasteiger partial charge in [-0.25, -0.2) is 0 Å². The Bertz CT molecular complexity index is 817. The van der Waals surface area contributed by atoms with E-state index in [0.29, 0.717) is 35.4 Å². The lowest BCUT2D eigenvalue weighted by molar-refractivity contribution is -0.156. The predicted octanol–water partition coefficient (Wildman–Crippen LogP) is 4.03. The standard InChI is InChI=1S/C21H24N2O4/c1-13-9-18(23-27-13)22-21(25)20(15-5-3-2-4-6-15)26-19(24)12-17-11-14-7-8-16(17)10-14/h2-6,9,14,16-17,20H,7-8,10-12H2,1H3,(H,22,23,25)/t14-,16-,17+,20-/m0/s1. The maximum atomic E-state index is 12.8. The molecule has 1 aromatic heterocycles. The third kappa shape index (κ3) is 4.04. The Morgan fingerprint density at radius 2 is 2.07 bits per heavy atom. The van der Waals surface area contributed by atoms with Gasteiger partial charge in [0.25, 0.3) is 5.91 Å². The Kier molecular flexibility index (Phi) is 4.97. The predicted molar refractivity (Wildman–Crippen MR) is 98.7 cm³/mol. The topological polar surface area (TPSA) is 81.4 Å². The van der Waals surface area contributed by atoms with Crippen LogP contribution in [-0.4, -0.2) is 17.0 Å². The maximum absolute atomic E-state index is 12.8. The molecule has 2 bridgehead atoms. The summed E-state index contributed by atoms with van der Waals surface area (Å²) in [7, 11) is 0. The van der Waals surface area contributed by atoms with Crippen molar-refractivity contribution < 1.29 is 18.8 Å². The second-order valence-electron chi connectivity index (χ2n) is 7.73. The van der Waals surface area contributed by atoms with Gasteiger partial charge in [-0.15, -0.1) is 0 Å². The molecule has 4 rings (SSSR count). The fourth-order valence-electron chi connectivity index (χ4n) is 4.54. The number of rotatable bonds is 6. The van der Waals surface area contributed by atoms with Crippen LogP contribution in [0.5, 0.6) is 0 Å². The van der Waals surface area contributed by atoms with Crippen LogP contribution in [0.1, 0.15) is 49.5 Å². The number of hydrogen-bond acceptors (Lipinski definition) is 5. The molecule has 27 heavy (non-hydrogen) atoms. The summed E-state index contributed by atoms with van der Waals surface area (Å²) in [5, 5.41) is 6.44. The zero-order valence-corrected chi connectivity index (χ0v) is 15.4. The first-order valence-corrected chi connectivity index (χ1v) is 9.57. The first kappa shape index (κ1) is 17.8. The van der Waals surface area contributed by atoms with Gasteiger partial charge in [0.15, 0.2) is 5.82 Å². The summed E-state index contributed by atoms with van der Waals surface area (Å²) in [6.07, 6.45) is 4.25. The average Bonchev–Trinajstić information content (AvgIpc) is 3.38. The number of fused-ring (bicyclic) bond motifs is 2. The number of nitrogens with one attached hydrogen (secondary N) is 1. The lowest BCUT2D eigenvalue weighted by atomic mass is 9.86. The number of esters is 1. The number of aryl methyl sites for hydroxylation is 1. The Morgan fingerprint density at radius 3 is 2.70 bits per heavy atom. The van der Waals surface area contributed by atoms with E-state index in [0.717, 1.165) is 12.3 Å². The van der Waals surface area contributed by atoms with E-state index in [-0.39, 0.29) is 5.97 Å². The summed E-state index contributed by atoms with van der Waals surface area (Å²) in [4.78, 5) is 25.3. The lowest BCUT2D eigenvalue weighted by Crippen LogP contribution is -2.27. The van der Waals surface area contributed by atoms with Gasteiger partial charge in [0.1, 0.15) is 5.76 Å². The summed E-state index contributed by atoms with van der Waals surface area (Å²) in [5.41, 5.74) is 0.636. The Hall–Kier alpha value is -2.63. The third-order valence-corrected chi connectivity index (χ3v) is 5.78. The molecule has 1 aromatic carbocycles. The molecule has 1 heterocycles. The Morgan fingerprint density at radius 1 is 1.26 bits per heavy atom. The molecule has 2 saturated carbocycles. The molecule has 1 N–H and O–H groups in total. The van der Waals surface area contributed by atoms with Crippen LogP contribution in [0.25, 0.3) is 0 Å². The van der Waals surface area contributed by atoms with Crippen LogP contribution in [0.3, 0.4) is 0 Å². The fraction of sp³-hybridized carbons (Fsp3) is 0.476. The zero-order valence-electron chi connectivity index (χ0n) is 15.4. The number of amides is 1. The summed E-state index contributed by atoms with van der Waals surface area (Å²) < 4.78 is 10.6. The van der Waals surface area contributed by atoms with Crippen molar-refractivity contribution in [3.8, 4) is 0 Å². The number of anilines is 1. The van der Waals surface area contributed by atoms with Gasteiger partial charge >= 0.3 is 5.97 Å². The minimum atomic E-state index is -1.01. The summed E-state index contributed by atoms with van der Waals surface area (Å²) in [6.45, 7) is 1.74. The first-order chi connectivity index (χ1) is 13.1. The monoisotopic (exact) mass is 368 g/mol. The number of hydrogen-bond donors (Lipinski definition) is 1. The van der Waals surface area contributed by atoms with Gasteiger partial charge in [-0.05, 0) is 43.9 Å². The maximum Gasteiger partial charge on any atom is 0.307 e.